The fourth-order valence-corrected chi connectivity index (χ4v) is 2.90. The number of aryl methyl sites for hydroxylation is 1. The number of nitrogens with one attached hydrogen (secondary N) is 1. The molecule has 1 aromatic heterocycles. The summed E-state index contributed by atoms with van der Waals surface area (Å²) in [6.45, 7) is 1.60. The lowest BCUT2D eigenvalue weighted by Gasteiger charge is -2.14. The Bertz CT molecular complexity index is 747. The predicted molar refractivity (Wildman–Crippen MR) is 93.6 cm³/mol. The number of carboxylic acid groups (broad SMARTS) is 1. The van der Waals surface area contributed by atoms with Crippen molar-refractivity contribution >= 4 is 35.2 Å². The molecule has 0 aliphatic heterocycles. The number of thioether (sulfide) groups is 1. The van der Waals surface area contributed by atoms with E-state index in [1.807, 2.05) is 6.26 Å². The molecule has 0 saturated carbocycles. The van der Waals surface area contributed by atoms with Crippen LogP contribution in [0.5, 0.6) is 0 Å². The van der Waals surface area contributed by atoms with E-state index in [0.29, 0.717) is 34.2 Å². The van der Waals surface area contributed by atoms with Crippen molar-refractivity contribution in [2.24, 2.45) is 0 Å². The van der Waals surface area contributed by atoms with E-state index in [1.54, 1.807) is 31.2 Å². The van der Waals surface area contributed by atoms with Crippen molar-refractivity contribution in [3.63, 3.8) is 0 Å². The summed E-state index contributed by atoms with van der Waals surface area (Å²) in [4.78, 5) is 23.9. The first-order valence-electron chi connectivity index (χ1n) is 7.19. The number of nitrogens with zero attached hydrogens (tertiary/aromatic N) is 1. The van der Waals surface area contributed by atoms with Gasteiger partial charge >= 0.3 is 5.97 Å². The first-order valence-corrected chi connectivity index (χ1v) is 8.96. The van der Waals surface area contributed by atoms with Gasteiger partial charge in [-0.2, -0.15) is 11.8 Å². The highest BCUT2D eigenvalue weighted by molar-refractivity contribution is 7.98. The molecule has 1 heterocycles. The van der Waals surface area contributed by atoms with Gasteiger partial charge in [0.1, 0.15) is 23.1 Å². The second-order valence-electron chi connectivity index (χ2n) is 5.09. The van der Waals surface area contributed by atoms with E-state index in [0.717, 1.165) is 0 Å². The Morgan fingerprint density at radius 2 is 2.12 bits per heavy atom. The molecule has 1 aromatic carbocycles. The maximum Gasteiger partial charge on any atom is 0.326 e. The summed E-state index contributed by atoms with van der Waals surface area (Å²) in [5.41, 5.74) is 1.04. The number of benzene rings is 1. The third-order valence-corrected chi connectivity index (χ3v) is 4.41. The molecular weight excluding hydrogens is 352 g/mol. The number of aromatic nitrogens is 1. The number of carbonyl (C=O) groups excluding carboxylic acids is 1. The molecule has 128 valence electrons. The molecule has 2 rings (SSSR count). The summed E-state index contributed by atoms with van der Waals surface area (Å²) >= 11 is 7.67. The number of hydrogen-bond donors (Lipinski definition) is 2. The van der Waals surface area contributed by atoms with Crippen molar-refractivity contribution in [1.29, 1.82) is 0 Å². The highest BCUT2D eigenvalue weighted by atomic mass is 35.5. The Morgan fingerprint density at radius 1 is 1.42 bits per heavy atom. The molecule has 24 heavy (non-hydrogen) atoms. The van der Waals surface area contributed by atoms with Crippen LogP contribution in [0.1, 0.15) is 22.5 Å². The normalized spacial score (nSPS) is 12.0. The van der Waals surface area contributed by atoms with Crippen LogP contribution in [-0.4, -0.2) is 40.2 Å². The SMILES string of the molecule is CSCC[C@H](NC(=O)c1c(-c2ccccc2Cl)noc1C)C(=O)O. The quantitative estimate of drug-likeness (QED) is 0.779. The zero-order chi connectivity index (χ0) is 17.7. The van der Waals surface area contributed by atoms with Crippen LogP contribution in [0.4, 0.5) is 0 Å². The van der Waals surface area contributed by atoms with Crippen LogP contribution < -0.4 is 5.32 Å². The smallest absolute Gasteiger partial charge is 0.326 e. The van der Waals surface area contributed by atoms with E-state index in [1.165, 1.54) is 11.8 Å². The van der Waals surface area contributed by atoms with Gasteiger partial charge in [0, 0.05) is 5.56 Å². The lowest BCUT2D eigenvalue weighted by atomic mass is 10.0. The molecule has 2 N–H and O–H groups in total. The van der Waals surface area contributed by atoms with Crippen molar-refractivity contribution in [2.45, 2.75) is 19.4 Å². The molecule has 0 unspecified atom stereocenters. The predicted octanol–water partition coefficient (Wildman–Crippen LogP) is 3.24. The standard InChI is InChI=1S/C16H17ClN2O4S/c1-9-13(15(20)18-12(16(21)22)7-8-24-2)14(19-23-9)10-5-3-4-6-11(10)17/h3-6,12H,7-8H2,1-2H3,(H,18,20)(H,21,22)/t12-/m0/s1. The van der Waals surface area contributed by atoms with Gasteiger partial charge in [-0.15, -0.1) is 0 Å². The molecule has 0 spiro atoms. The minimum Gasteiger partial charge on any atom is -0.480 e. The lowest BCUT2D eigenvalue weighted by Crippen LogP contribution is -2.41. The van der Waals surface area contributed by atoms with Gasteiger partial charge in [0.2, 0.25) is 0 Å². The summed E-state index contributed by atoms with van der Waals surface area (Å²) < 4.78 is 5.13. The second-order valence-corrected chi connectivity index (χ2v) is 6.48. The Morgan fingerprint density at radius 3 is 2.75 bits per heavy atom. The number of aliphatic carboxylic acids is 1. The topological polar surface area (TPSA) is 92.4 Å². The van der Waals surface area contributed by atoms with Gasteiger partial charge in [-0.05, 0) is 31.4 Å². The first kappa shape index (κ1) is 18.4. The van der Waals surface area contributed by atoms with E-state index >= 15 is 0 Å². The fraction of sp³-hybridized carbons (Fsp3) is 0.312. The van der Waals surface area contributed by atoms with Crippen LogP contribution in [0, 0.1) is 6.92 Å². The maximum atomic E-state index is 12.6. The summed E-state index contributed by atoms with van der Waals surface area (Å²) in [5.74, 6) is -0.698. The van der Waals surface area contributed by atoms with Crippen molar-refractivity contribution in [2.75, 3.05) is 12.0 Å². The van der Waals surface area contributed by atoms with Crippen LogP contribution in [0.2, 0.25) is 5.02 Å². The zero-order valence-electron chi connectivity index (χ0n) is 13.2. The van der Waals surface area contributed by atoms with Crippen molar-refractivity contribution < 1.29 is 19.2 Å². The molecule has 2 aromatic rings. The maximum absolute atomic E-state index is 12.6. The lowest BCUT2D eigenvalue weighted by molar-refractivity contribution is -0.139. The van der Waals surface area contributed by atoms with Gasteiger partial charge in [0.25, 0.3) is 5.91 Å². The minimum atomic E-state index is -1.08. The van der Waals surface area contributed by atoms with Gasteiger partial charge in [-0.3, -0.25) is 4.79 Å². The summed E-state index contributed by atoms with van der Waals surface area (Å²) in [5, 5.41) is 16.1. The van der Waals surface area contributed by atoms with E-state index < -0.39 is 17.9 Å². The summed E-state index contributed by atoms with van der Waals surface area (Å²) in [6, 6.07) is 5.96. The van der Waals surface area contributed by atoms with Crippen molar-refractivity contribution in [3.05, 3.63) is 40.6 Å². The minimum absolute atomic E-state index is 0.193. The molecule has 0 radical (unpaired) electrons. The van der Waals surface area contributed by atoms with Crippen LogP contribution in [0.3, 0.4) is 0 Å². The van der Waals surface area contributed by atoms with E-state index in [4.69, 9.17) is 16.1 Å². The zero-order valence-corrected chi connectivity index (χ0v) is 14.8. The summed E-state index contributed by atoms with van der Waals surface area (Å²) in [6.07, 6.45) is 2.20. The van der Waals surface area contributed by atoms with Crippen LogP contribution in [0.25, 0.3) is 11.3 Å². The highest BCUT2D eigenvalue weighted by Crippen LogP contribution is 2.31. The van der Waals surface area contributed by atoms with Crippen LogP contribution in [0.15, 0.2) is 28.8 Å². The van der Waals surface area contributed by atoms with E-state index in [2.05, 4.69) is 10.5 Å². The Hall–Kier alpha value is -1.99. The molecule has 1 amide bonds. The number of carboxylic acids is 1. The van der Waals surface area contributed by atoms with Crippen LogP contribution >= 0.6 is 23.4 Å². The van der Waals surface area contributed by atoms with Crippen molar-refractivity contribution in [3.8, 4) is 11.3 Å². The average Bonchev–Trinajstić information content (AvgIpc) is 2.93. The fourth-order valence-electron chi connectivity index (χ4n) is 2.20. The first-order chi connectivity index (χ1) is 11.5. The second kappa shape index (κ2) is 8.21. The largest absolute Gasteiger partial charge is 0.480 e. The van der Waals surface area contributed by atoms with Crippen molar-refractivity contribution in [1.82, 2.24) is 10.5 Å². The van der Waals surface area contributed by atoms with Crippen LogP contribution in [-0.2, 0) is 4.79 Å². The van der Waals surface area contributed by atoms with Gasteiger partial charge < -0.3 is 14.9 Å². The third kappa shape index (κ3) is 4.10. The molecular formula is C16H17ClN2O4S. The number of rotatable bonds is 7. The van der Waals surface area contributed by atoms with E-state index in [9.17, 15) is 14.7 Å². The number of hydrogen-bond acceptors (Lipinski definition) is 5. The number of halogens is 1. The Labute approximate surface area is 148 Å². The summed E-state index contributed by atoms with van der Waals surface area (Å²) in [7, 11) is 0. The Kier molecular flexibility index (Phi) is 6.28. The molecule has 0 fully saturated rings. The van der Waals surface area contributed by atoms with Gasteiger partial charge in [0.05, 0.1) is 5.02 Å². The number of carbonyl (C=O) groups is 2. The molecule has 0 saturated heterocycles. The monoisotopic (exact) mass is 368 g/mol. The molecule has 0 bridgehead atoms. The molecule has 0 aliphatic carbocycles. The van der Waals surface area contributed by atoms with Gasteiger partial charge in [-0.1, -0.05) is 35.0 Å². The van der Waals surface area contributed by atoms with Gasteiger partial charge in [-0.25, -0.2) is 4.79 Å². The number of amides is 1. The third-order valence-electron chi connectivity index (χ3n) is 3.43. The average molecular weight is 369 g/mol. The van der Waals surface area contributed by atoms with E-state index in [-0.39, 0.29) is 5.56 Å². The molecule has 8 heteroatoms. The molecule has 0 aliphatic rings. The van der Waals surface area contributed by atoms with Gasteiger partial charge in [0.15, 0.2) is 0 Å². The Balaban J connectivity index is 2.32. The molecule has 1 atom stereocenters. The highest BCUT2D eigenvalue weighted by Gasteiger charge is 2.27. The molecule has 6 nitrogen and oxygen atoms in total.